The zero-order chi connectivity index (χ0) is 12.3. The molecule has 0 aromatic carbocycles. The Morgan fingerprint density at radius 2 is 1.12 bits per heavy atom. The SMILES string of the molecule is CN1C(=O)CCC1=O.O=C1CCC(=O)N1O. The molecule has 7 nitrogen and oxygen atoms in total. The van der Waals surface area contributed by atoms with Crippen LogP contribution in [0.5, 0.6) is 0 Å². The molecule has 16 heavy (non-hydrogen) atoms. The number of hydroxylamine groups is 2. The molecule has 0 saturated carbocycles. The first kappa shape index (κ1) is 12.3. The van der Waals surface area contributed by atoms with E-state index in [9.17, 15) is 19.2 Å². The Labute approximate surface area is 91.6 Å². The molecule has 0 radical (unpaired) electrons. The van der Waals surface area contributed by atoms with Crippen molar-refractivity contribution in [1.82, 2.24) is 9.96 Å². The zero-order valence-corrected chi connectivity index (χ0v) is 8.80. The molecule has 2 aliphatic heterocycles. The van der Waals surface area contributed by atoms with Gasteiger partial charge in [0, 0.05) is 32.7 Å². The number of likely N-dealkylation sites (tertiary alicyclic amines) is 1. The lowest BCUT2D eigenvalue weighted by Gasteiger charge is -2.01. The molecule has 0 aromatic rings. The van der Waals surface area contributed by atoms with E-state index in [0.29, 0.717) is 12.8 Å². The molecule has 2 saturated heterocycles. The fourth-order valence-corrected chi connectivity index (χ4v) is 1.25. The molecule has 2 heterocycles. The van der Waals surface area contributed by atoms with Gasteiger partial charge in [0.1, 0.15) is 0 Å². The Hall–Kier alpha value is -1.76. The predicted octanol–water partition coefficient (Wildman–Crippen LogP) is -0.710. The van der Waals surface area contributed by atoms with Crippen molar-refractivity contribution in [3.05, 3.63) is 0 Å². The maximum absolute atomic E-state index is 10.5. The lowest BCUT2D eigenvalue weighted by atomic mass is 10.4. The summed E-state index contributed by atoms with van der Waals surface area (Å²) in [5, 5.41) is 8.57. The van der Waals surface area contributed by atoms with Crippen LogP contribution in [0.4, 0.5) is 0 Å². The lowest BCUT2D eigenvalue weighted by Crippen LogP contribution is -2.24. The third-order valence-corrected chi connectivity index (χ3v) is 2.33. The summed E-state index contributed by atoms with van der Waals surface area (Å²) in [6, 6.07) is 0. The monoisotopic (exact) mass is 228 g/mol. The number of rotatable bonds is 0. The minimum absolute atomic E-state index is 0.0602. The summed E-state index contributed by atoms with van der Waals surface area (Å²) in [7, 11) is 1.51. The van der Waals surface area contributed by atoms with Crippen LogP contribution in [0, 0.1) is 0 Å². The van der Waals surface area contributed by atoms with Crippen LogP contribution in [0.3, 0.4) is 0 Å². The van der Waals surface area contributed by atoms with Gasteiger partial charge in [0.05, 0.1) is 0 Å². The Morgan fingerprint density at radius 1 is 0.812 bits per heavy atom. The van der Waals surface area contributed by atoms with Crippen LogP contribution in [-0.2, 0) is 19.2 Å². The van der Waals surface area contributed by atoms with E-state index in [1.54, 1.807) is 0 Å². The maximum Gasteiger partial charge on any atom is 0.253 e. The van der Waals surface area contributed by atoms with Crippen LogP contribution in [0.2, 0.25) is 0 Å². The van der Waals surface area contributed by atoms with Gasteiger partial charge in [-0.05, 0) is 0 Å². The van der Waals surface area contributed by atoms with E-state index in [2.05, 4.69) is 0 Å². The highest BCUT2D eigenvalue weighted by Gasteiger charge is 2.26. The summed E-state index contributed by atoms with van der Waals surface area (Å²) in [4.78, 5) is 42.6. The van der Waals surface area contributed by atoms with Crippen LogP contribution in [0.1, 0.15) is 25.7 Å². The van der Waals surface area contributed by atoms with E-state index < -0.39 is 11.8 Å². The molecule has 0 atom stereocenters. The molecule has 1 N–H and O–H groups in total. The third-order valence-electron chi connectivity index (χ3n) is 2.33. The smallest absolute Gasteiger partial charge is 0.253 e. The van der Waals surface area contributed by atoms with Crippen molar-refractivity contribution < 1.29 is 24.4 Å². The summed E-state index contributed by atoms with van der Waals surface area (Å²) >= 11 is 0. The normalized spacial score (nSPS) is 20.4. The van der Waals surface area contributed by atoms with Gasteiger partial charge in [-0.15, -0.1) is 0 Å². The summed E-state index contributed by atoms with van der Waals surface area (Å²) < 4.78 is 0. The molecule has 88 valence electrons. The first-order valence-electron chi connectivity index (χ1n) is 4.77. The molecule has 0 unspecified atom stereocenters. The van der Waals surface area contributed by atoms with Gasteiger partial charge in [0.2, 0.25) is 11.8 Å². The van der Waals surface area contributed by atoms with Gasteiger partial charge >= 0.3 is 0 Å². The van der Waals surface area contributed by atoms with Crippen LogP contribution >= 0.6 is 0 Å². The number of amides is 4. The summed E-state index contributed by atoms with van der Waals surface area (Å²) in [6.45, 7) is 0. The van der Waals surface area contributed by atoms with E-state index in [4.69, 9.17) is 5.21 Å². The first-order chi connectivity index (χ1) is 7.43. The number of carbonyl (C=O) groups is 4. The van der Waals surface area contributed by atoms with Gasteiger partial charge in [-0.3, -0.25) is 29.3 Å². The second-order valence-corrected chi connectivity index (χ2v) is 3.45. The van der Waals surface area contributed by atoms with Gasteiger partial charge < -0.3 is 0 Å². The fraction of sp³-hybridized carbons (Fsp3) is 0.556. The Kier molecular flexibility index (Phi) is 3.73. The Balaban J connectivity index is 0.000000160. The van der Waals surface area contributed by atoms with E-state index in [1.165, 1.54) is 11.9 Å². The zero-order valence-electron chi connectivity index (χ0n) is 8.80. The second-order valence-electron chi connectivity index (χ2n) is 3.45. The minimum atomic E-state index is -0.505. The minimum Gasteiger partial charge on any atom is -0.286 e. The van der Waals surface area contributed by atoms with Gasteiger partial charge in [0.15, 0.2) is 0 Å². The van der Waals surface area contributed by atoms with Crippen molar-refractivity contribution in [2.24, 2.45) is 0 Å². The van der Waals surface area contributed by atoms with Crippen molar-refractivity contribution in [3.8, 4) is 0 Å². The van der Waals surface area contributed by atoms with E-state index in [1.807, 2.05) is 0 Å². The number of carbonyl (C=O) groups excluding carboxylic acids is 4. The summed E-state index contributed by atoms with van der Waals surface area (Å²) in [6.07, 6.45) is 1.09. The second kappa shape index (κ2) is 4.84. The number of hydrogen-bond acceptors (Lipinski definition) is 5. The highest BCUT2D eigenvalue weighted by atomic mass is 16.5. The van der Waals surface area contributed by atoms with E-state index in [0.717, 1.165) is 0 Å². The average molecular weight is 228 g/mol. The topological polar surface area (TPSA) is 95.0 Å². The Bertz CT molecular complexity index is 286. The molecule has 0 aliphatic carbocycles. The molecule has 0 bridgehead atoms. The number of hydrogen-bond donors (Lipinski definition) is 1. The molecule has 0 spiro atoms. The van der Waals surface area contributed by atoms with E-state index in [-0.39, 0.29) is 29.7 Å². The lowest BCUT2D eigenvalue weighted by molar-refractivity contribution is -0.171. The van der Waals surface area contributed by atoms with Crippen molar-refractivity contribution in [2.75, 3.05) is 7.05 Å². The summed E-state index contributed by atoms with van der Waals surface area (Å²) in [5.41, 5.74) is 0. The number of imide groups is 2. The van der Waals surface area contributed by atoms with Crippen molar-refractivity contribution >= 4 is 23.6 Å². The quantitative estimate of drug-likeness (QED) is 0.436. The highest BCUT2D eigenvalue weighted by Crippen LogP contribution is 2.07. The van der Waals surface area contributed by atoms with Crippen LogP contribution in [0.15, 0.2) is 0 Å². The maximum atomic E-state index is 10.5. The molecular weight excluding hydrogens is 216 g/mol. The summed E-state index contributed by atoms with van der Waals surface area (Å²) in [5.74, 6) is -1.13. The highest BCUT2D eigenvalue weighted by molar-refractivity contribution is 6.01. The van der Waals surface area contributed by atoms with Gasteiger partial charge in [-0.1, -0.05) is 0 Å². The fourth-order valence-electron chi connectivity index (χ4n) is 1.25. The molecule has 2 aliphatic rings. The molecule has 2 fully saturated rings. The van der Waals surface area contributed by atoms with Crippen molar-refractivity contribution in [3.63, 3.8) is 0 Å². The van der Waals surface area contributed by atoms with Crippen LogP contribution < -0.4 is 0 Å². The van der Waals surface area contributed by atoms with Gasteiger partial charge in [-0.2, -0.15) is 5.06 Å². The van der Waals surface area contributed by atoms with Crippen molar-refractivity contribution in [1.29, 1.82) is 0 Å². The predicted molar refractivity (Wildman–Crippen MR) is 49.9 cm³/mol. The largest absolute Gasteiger partial charge is 0.286 e. The Morgan fingerprint density at radius 3 is 1.25 bits per heavy atom. The van der Waals surface area contributed by atoms with E-state index >= 15 is 0 Å². The van der Waals surface area contributed by atoms with Gasteiger partial charge in [-0.25, -0.2) is 0 Å². The number of nitrogens with zero attached hydrogens (tertiary/aromatic N) is 2. The first-order valence-corrected chi connectivity index (χ1v) is 4.77. The van der Waals surface area contributed by atoms with Crippen LogP contribution in [-0.4, -0.2) is 45.8 Å². The standard InChI is InChI=1S/C5H7NO2.C4H5NO3/c1-6-4(7)2-3-5(6)8;6-3-1-2-4(7)5(3)8/h2-3H2,1H3;8H,1-2H2. The third kappa shape index (κ3) is 2.63. The average Bonchev–Trinajstić information content (AvgIpc) is 2.70. The van der Waals surface area contributed by atoms with Crippen LogP contribution in [0.25, 0.3) is 0 Å². The molecule has 2 rings (SSSR count). The molecule has 4 amide bonds. The molecular formula is C9H12N2O5. The molecule has 0 aromatic heterocycles. The molecule has 7 heteroatoms. The van der Waals surface area contributed by atoms with Gasteiger partial charge in [0.25, 0.3) is 11.8 Å². The van der Waals surface area contributed by atoms with Crippen molar-refractivity contribution in [2.45, 2.75) is 25.7 Å².